The summed E-state index contributed by atoms with van der Waals surface area (Å²) in [6.07, 6.45) is 11.7. The van der Waals surface area contributed by atoms with E-state index in [9.17, 15) is 4.79 Å². The van der Waals surface area contributed by atoms with Crippen LogP contribution in [0.4, 0.5) is 0 Å². The largest absolute Gasteiger partial charge is 0.333 e. The van der Waals surface area contributed by atoms with Gasteiger partial charge < -0.3 is 10.5 Å². The van der Waals surface area contributed by atoms with Crippen LogP contribution in [0.3, 0.4) is 0 Å². The highest BCUT2D eigenvalue weighted by Crippen LogP contribution is 2.39. The fourth-order valence-electron chi connectivity index (χ4n) is 3.37. The van der Waals surface area contributed by atoms with E-state index in [4.69, 9.17) is 5.10 Å². The summed E-state index contributed by atoms with van der Waals surface area (Å²) >= 11 is 0. The molecule has 1 aliphatic rings. The number of carbonyl (C=O) groups excluding carboxylic acids is 1. The summed E-state index contributed by atoms with van der Waals surface area (Å²) in [5.41, 5.74) is 6.74. The van der Waals surface area contributed by atoms with Gasteiger partial charge in [-0.1, -0.05) is 96.5 Å². The van der Waals surface area contributed by atoms with Gasteiger partial charge in [-0.15, -0.1) is 0 Å². The molecule has 0 spiro atoms. The van der Waals surface area contributed by atoms with E-state index in [-0.39, 0.29) is 5.92 Å². The summed E-state index contributed by atoms with van der Waals surface area (Å²) in [4.78, 5) is 12.2. The maximum Gasteiger partial charge on any atom is 0.148 e. The van der Waals surface area contributed by atoms with Gasteiger partial charge in [-0.3, -0.25) is 5.01 Å². The van der Waals surface area contributed by atoms with Crippen LogP contribution in [0.25, 0.3) is 0 Å². The van der Waals surface area contributed by atoms with E-state index in [1.54, 1.807) is 6.08 Å². The maximum atomic E-state index is 12.2. The van der Waals surface area contributed by atoms with Crippen molar-refractivity contribution in [3.63, 3.8) is 0 Å². The molecule has 0 amide bonds. The van der Waals surface area contributed by atoms with Crippen LogP contribution in [0, 0.1) is 5.92 Å². The van der Waals surface area contributed by atoms with E-state index in [1.807, 2.05) is 83.0 Å². The number of aldehydes is 1. The number of hydrogen-bond donors (Lipinski definition) is 1. The zero-order valence-electron chi connectivity index (χ0n) is 21.1. The molecule has 0 radical (unpaired) electrons. The lowest BCUT2D eigenvalue weighted by molar-refractivity contribution is -0.117. The van der Waals surface area contributed by atoms with E-state index < -0.39 is 5.54 Å². The van der Waals surface area contributed by atoms with Crippen LogP contribution in [0.1, 0.15) is 73.3 Å². The molecule has 2 rings (SSSR count). The van der Waals surface area contributed by atoms with Gasteiger partial charge in [0.05, 0.1) is 11.4 Å². The highest BCUT2D eigenvalue weighted by molar-refractivity contribution is 6.06. The van der Waals surface area contributed by atoms with E-state index in [2.05, 4.69) is 31.4 Å². The van der Waals surface area contributed by atoms with E-state index in [0.29, 0.717) is 0 Å². The first-order valence-corrected chi connectivity index (χ1v) is 11.6. The molecule has 0 bridgehead atoms. The van der Waals surface area contributed by atoms with Crippen molar-refractivity contribution in [1.82, 2.24) is 5.01 Å². The molecular weight excluding hydrogens is 382 g/mol. The number of hydrazone groups is 1. The van der Waals surface area contributed by atoms with Crippen LogP contribution in [-0.4, -0.2) is 29.6 Å². The molecular formula is C27H45N3O. The lowest BCUT2D eigenvalue weighted by atomic mass is 9.78. The summed E-state index contributed by atoms with van der Waals surface area (Å²) in [5.74, 6) is 0.0609. The number of nitrogens with two attached hydrogens (primary N) is 1. The predicted octanol–water partition coefficient (Wildman–Crippen LogP) is 6.74. The molecule has 4 heteroatoms. The predicted molar refractivity (Wildman–Crippen MR) is 138 cm³/mol. The van der Waals surface area contributed by atoms with Crippen LogP contribution < -0.4 is 5.73 Å². The topological polar surface area (TPSA) is 58.7 Å². The minimum Gasteiger partial charge on any atom is -0.333 e. The molecule has 0 aliphatic carbocycles. The molecule has 1 aromatic rings. The molecule has 4 nitrogen and oxygen atoms in total. The molecule has 1 heterocycles. The molecule has 0 fully saturated rings. The smallest absolute Gasteiger partial charge is 0.148 e. The Morgan fingerprint density at radius 1 is 1.19 bits per heavy atom. The molecule has 2 N–H and O–H groups in total. The number of allylic oxidation sites excluding steroid dienone is 4. The molecule has 0 saturated carbocycles. The first-order chi connectivity index (χ1) is 15.1. The zero-order chi connectivity index (χ0) is 24.3. The summed E-state index contributed by atoms with van der Waals surface area (Å²) in [6.45, 7) is 17.9. The maximum absolute atomic E-state index is 12.2. The minimum atomic E-state index is -0.700. The van der Waals surface area contributed by atoms with E-state index in [1.165, 1.54) is 7.05 Å². The van der Waals surface area contributed by atoms with Gasteiger partial charge in [0.1, 0.15) is 11.8 Å². The minimum absolute atomic E-state index is 0.0609. The van der Waals surface area contributed by atoms with Gasteiger partial charge in [0.2, 0.25) is 0 Å². The average molecular weight is 428 g/mol. The van der Waals surface area contributed by atoms with Crippen molar-refractivity contribution in [1.29, 1.82) is 0 Å². The monoisotopic (exact) mass is 427 g/mol. The first kappa shape index (κ1) is 30.7. The lowest BCUT2D eigenvalue weighted by Crippen LogP contribution is -2.47. The third-order valence-electron chi connectivity index (χ3n) is 4.72. The van der Waals surface area contributed by atoms with Crippen molar-refractivity contribution in [2.24, 2.45) is 16.8 Å². The van der Waals surface area contributed by atoms with Crippen molar-refractivity contribution < 1.29 is 4.79 Å². The Hall–Kier alpha value is -2.46. The average Bonchev–Trinajstić information content (AvgIpc) is 3.14. The third kappa shape index (κ3) is 8.29. The summed E-state index contributed by atoms with van der Waals surface area (Å²) in [5, 5.41) is 6.77. The Morgan fingerprint density at radius 2 is 1.77 bits per heavy atom. The van der Waals surface area contributed by atoms with Crippen molar-refractivity contribution in [3.8, 4) is 0 Å². The third-order valence-corrected chi connectivity index (χ3v) is 4.72. The molecule has 174 valence electrons. The van der Waals surface area contributed by atoms with Crippen molar-refractivity contribution in [2.75, 3.05) is 7.05 Å². The number of hydrogen-bond acceptors (Lipinski definition) is 4. The molecule has 0 aromatic heterocycles. The van der Waals surface area contributed by atoms with Crippen LogP contribution in [-0.2, 0) is 4.79 Å². The number of rotatable bonds is 8. The number of benzene rings is 1. The van der Waals surface area contributed by atoms with Crippen LogP contribution >= 0.6 is 0 Å². The number of carbonyl (C=O) groups is 1. The molecule has 31 heavy (non-hydrogen) atoms. The number of nitrogens with zero attached hydrogens (tertiary/aromatic N) is 2. The fourth-order valence-corrected chi connectivity index (χ4v) is 3.37. The van der Waals surface area contributed by atoms with Gasteiger partial charge in [-0.05, 0) is 45.0 Å². The standard InChI is InChI=1S/C22H28N2O.2C2H6.CH5N/c1-5-8-16-20-21(18-14-10-9-11-15-18)23-24(22(20,4)17-25)19(12-6-2)13-7-3;3*1-2/h6-7,9-15,17,20H,2,5,8,16H2,1,3-4H3;2*1-2H3;2H2,1H3/b13-7-,19-12+;;;. The Kier molecular flexibility index (Phi) is 18.2. The van der Waals surface area contributed by atoms with Gasteiger partial charge >= 0.3 is 0 Å². The van der Waals surface area contributed by atoms with Gasteiger partial charge in [-0.2, -0.15) is 5.10 Å². The second-order valence-corrected chi connectivity index (χ2v) is 6.53. The summed E-state index contributed by atoms with van der Waals surface area (Å²) in [6, 6.07) is 10.2. The Labute approximate surface area is 191 Å². The van der Waals surface area contributed by atoms with Gasteiger partial charge in [0, 0.05) is 5.92 Å². The Balaban J connectivity index is 0. The van der Waals surface area contributed by atoms with Gasteiger partial charge in [-0.25, -0.2) is 0 Å². The first-order valence-electron chi connectivity index (χ1n) is 11.6. The SMILES string of the molecule is C=C/C=C(\C=C/C)N1N=C(c2ccccc2)C(CCCC)C1(C)C=O.CC.CC.CN. The van der Waals surface area contributed by atoms with Crippen LogP contribution in [0.2, 0.25) is 0 Å². The second-order valence-electron chi connectivity index (χ2n) is 6.53. The highest BCUT2D eigenvalue weighted by Gasteiger charge is 2.48. The summed E-state index contributed by atoms with van der Waals surface area (Å²) in [7, 11) is 1.50. The molecule has 1 aliphatic heterocycles. The molecule has 2 atom stereocenters. The Bertz CT molecular complexity index is 692. The van der Waals surface area contributed by atoms with Gasteiger partial charge in [0.25, 0.3) is 0 Å². The van der Waals surface area contributed by atoms with Crippen LogP contribution in [0.5, 0.6) is 0 Å². The fraction of sp³-hybridized carbons (Fsp3) is 0.481. The van der Waals surface area contributed by atoms with Crippen molar-refractivity contribution in [3.05, 3.63) is 72.5 Å². The van der Waals surface area contributed by atoms with E-state index >= 15 is 0 Å². The summed E-state index contributed by atoms with van der Waals surface area (Å²) < 4.78 is 0. The normalized spacial score (nSPS) is 19.8. The Morgan fingerprint density at radius 3 is 2.23 bits per heavy atom. The highest BCUT2D eigenvalue weighted by atomic mass is 16.1. The second kappa shape index (κ2) is 18.3. The zero-order valence-corrected chi connectivity index (χ0v) is 21.1. The van der Waals surface area contributed by atoms with E-state index in [0.717, 1.165) is 42.5 Å². The lowest BCUT2D eigenvalue weighted by Gasteiger charge is -2.34. The molecule has 1 aromatic carbocycles. The number of unbranched alkanes of at least 4 members (excludes halogenated alkanes) is 1. The molecule has 2 unspecified atom stereocenters. The van der Waals surface area contributed by atoms with Crippen molar-refractivity contribution in [2.45, 2.75) is 73.3 Å². The van der Waals surface area contributed by atoms with Gasteiger partial charge in [0.15, 0.2) is 0 Å². The quantitative estimate of drug-likeness (QED) is 0.369. The van der Waals surface area contributed by atoms with Crippen LogP contribution in [0.15, 0.2) is 72.0 Å². The van der Waals surface area contributed by atoms with Crippen molar-refractivity contribution >= 4 is 12.0 Å². The molecule has 0 saturated heterocycles.